The van der Waals surface area contributed by atoms with Gasteiger partial charge in [-0.15, -0.1) is 0 Å². The number of piperidine rings is 2. The van der Waals surface area contributed by atoms with Gasteiger partial charge in [0.25, 0.3) is 0 Å². The van der Waals surface area contributed by atoms with Crippen LogP contribution in [0.1, 0.15) is 81.1 Å². The molecule has 2 heterocycles. The maximum absolute atomic E-state index is 13.1. The Morgan fingerprint density at radius 1 is 0.710 bits per heavy atom. The molecule has 2 fully saturated rings. The minimum atomic E-state index is -4.41. The normalized spacial score (nSPS) is 32.2. The zero-order chi connectivity index (χ0) is 23.7. The number of likely N-dealkylation sites (tertiary alicyclic amines) is 2. The number of benzene rings is 1. The standard InChI is InChI=1S/C26H47N2O2P/c1-23(2)18-16-21(25(5,6)27(23)9)31(29,30,20-14-12-11-13-15-20)22-17-19-24(3,4)28(10)26(22,7)8/h11-15,21-22,29-30H,16-19H2,1-10H3. The van der Waals surface area contributed by atoms with Gasteiger partial charge in [-0.2, -0.15) is 0 Å². The Labute approximate surface area is 191 Å². The van der Waals surface area contributed by atoms with E-state index in [1.54, 1.807) is 0 Å². The molecule has 0 amide bonds. The minimum absolute atomic E-state index is 0.0296. The Morgan fingerprint density at radius 3 is 1.42 bits per heavy atom. The Bertz CT molecular complexity index is 770. The van der Waals surface area contributed by atoms with Crippen LogP contribution < -0.4 is 5.30 Å². The van der Waals surface area contributed by atoms with Crippen molar-refractivity contribution in [1.82, 2.24) is 9.80 Å². The van der Waals surface area contributed by atoms with E-state index in [1.807, 2.05) is 30.3 Å². The van der Waals surface area contributed by atoms with Crippen LogP contribution in [0, 0.1) is 0 Å². The van der Waals surface area contributed by atoms with E-state index >= 15 is 0 Å². The maximum atomic E-state index is 13.1. The summed E-state index contributed by atoms with van der Waals surface area (Å²) >= 11 is 0. The first-order valence-corrected chi connectivity index (χ1v) is 14.2. The Morgan fingerprint density at radius 2 is 1.06 bits per heavy atom. The van der Waals surface area contributed by atoms with Gasteiger partial charge in [0.15, 0.2) is 0 Å². The SMILES string of the molecule is CN1C(C)(C)CCC(P(O)(O)(c2ccccc2)C2CCC(C)(C)N(C)C2(C)C)C1(C)C. The molecular formula is C26H47N2O2P. The van der Waals surface area contributed by atoms with Crippen molar-refractivity contribution in [1.29, 1.82) is 0 Å². The van der Waals surface area contributed by atoms with Crippen LogP contribution in [0.3, 0.4) is 0 Å². The molecule has 2 aliphatic rings. The van der Waals surface area contributed by atoms with E-state index in [0.29, 0.717) is 0 Å². The van der Waals surface area contributed by atoms with E-state index in [9.17, 15) is 9.79 Å². The van der Waals surface area contributed by atoms with Crippen molar-refractivity contribution in [3.8, 4) is 0 Å². The van der Waals surface area contributed by atoms with Gasteiger partial charge in [0.05, 0.1) is 0 Å². The second-order valence-corrected chi connectivity index (χ2v) is 16.7. The van der Waals surface area contributed by atoms with Gasteiger partial charge in [-0.05, 0) is 0 Å². The first kappa shape index (κ1) is 25.1. The fourth-order valence-electron chi connectivity index (χ4n) is 7.09. The third kappa shape index (κ3) is 3.53. The first-order valence-electron chi connectivity index (χ1n) is 11.9. The molecule has 0 bridgehead atoms. The van der Waals surface area contributed by atoms with Crippen LogP contribution in [0.15, 0.2) is 30.3 Å². The molecule has 0 aliphatic carbocycles. The second kappa shape index (κ2) is 7.24. The molecule has 2 N–H and O–H groups in total. The van der Waals surface area contributed by atoms with Gasteiger partial charge in [0.2, 0.25) is 0 Å². The van der Waals surface area contributed by atoms with Crippen LogP contribution in [0.5, 0.6) is 0 Å². The van der Waals surface area contributed by atoms with Crippen LogP contribution in [-0.2, 0) is 0 Å². The van der Waals surface area contributed by atoms with Crippen molar-refractivity contribution >= 4 is 12.4 Å². The Hall–Kier alpha value is -0.510. The molecule has 0 aromatic heterocycles. The summed E-state index contributed by atoms with van der Waals surface area (Å²) in [4.78, 5) is 30.9. The molecule has 1 aromatic carbocycles. The molecule has 5 heteroatoms. The summed E-state index contributed by atoms with van der Waals surface area (Å²) in [5.41, 5.74) is -1.05. The molecule has 31 heavy (non-hydrogen) atoms. The van der Waals surface area contributed by atoms with Gasteiger partial charge in [0, 0.05) is 0 Å². The van der Waals surface area contributed by atoms with E-state index < -0.39 is 7.06 Å². The van der Waals surface area contributed by atoms with Gasteiger partial charge in [-0.1, -0.05) is 0 Å². The van der Waals surface area contributed by atoms with Crippen LogP contribution >= 0.6 is 7.06 Å². The molecule has 3 rings (SSSR count). The predicted molar refractivity (Wildman–Crippen MR) is 135 cm³/mol. The summed E-state index contributed by atoms with van der Waals surface area (Å²) < 4.78 is 0. The zero-order valence-corrected chi connectivity index (χ0v) is 22.5. The molecule has 178 valence electrons. The van der Waals surface area contributed by atoms with Crippen LogP contribution in [0.2, 0.25) is 0 Å². The summed E-state index contributed by atoms with van der Waals surface area (Å²) in [6.07, 6.45) is 3.56. The van der Waals surface area contributed by atoms with Crippen LogP contribution in [0.25, 0.3) is 0 Å². The average molecular weight is 451 g/mol. The van der Waals surface area contributed by atoms with Crippen molar-refractivity contribution in [2.75, 3.05) is 14.1 Å². The van der Waals surface area contributed by atoms with Crippen molar-refractivity contribution < 1.29 is 9.79 Å². The van der Waals surface area contributed by atoms with E-state index in [0.717, 1.165) is 31.0 Å². The van der Waals surface area contributed by atoms with Crippen molar-refractivity contribution in [3.05, 3.63) is 30.3 Å². The van der Waals surface area contributed by atoms with Gasteiger partial charge in [-0.25, -0.2) is 0 Å². The number of hydrogen-bond acceptors (Lipinski definition) is 4. The number of hydrogen-bond donors (Lipinski definition) is 2. The molecule has 0 radical (unpaired) electrons. The second-order valence-electron chi connectivity index (χ2n) is 12.7. The summed E-state index contributed by atoms with van der Waals surface area (Å²) in [5.74, 6) is 0. The first-order chi connectivity index (χ1) is 13.9. The Balaban J connectivity index is 2.27. The Kier molecular flexibility index (Phi) is 5.87. The van der Waals surface area contributed by atoms with Crippen LogP contribution in [-0.4, -0.2) is 67.2 Å². The fraction of sp³-hybridized carbons (Fsp3) is 0.769. The summed E-state index contributed by atoms with van der Waals surface area (Å²) in [6, 6.07) is 9.86. The summed E-state index contributed by atoms with van der Waals surface area (Å²) in [5, 5.41) is 0.755. The number of nitrogens with zero attached hydrogens (tertiary/aromatic N) is 2. The fourth-order valence-corrected chi connectivity index (χ4v) is 13.1. The predicted octanol–water partition coefficient (Wildman–Crippen LogP) is 4.98. The van der Waals surface area contributed by atoms with Crippen LogP contribution in [0.4, 0.5) is 0 Å². The quantitative estimate of drug-likeness (QED) is 0.638. The summed E-state index contributed by atoms with van der Waals surface area (Å²) in [6.45, 7) is 18.0. The molecule has 2 saturated heterocycles. The molecule has 1 aromatic rings. The molecule has 0 saturated carbocycles. The molecule has 2 unspecified atom stereocenters. The van der Waals surface area contributed by atoms with Crippen molar-refractivity contribution in [2.45, 2.75) is 115 Å². The molecule has 0 spiro atoms. The topological polar surface area (TPSA) is 46.9 Å². The van der Waals surface area contributed by atoms with Gasteiger partial charge >= 0.3 is 191 Å². The van der Waals surface area contributed by atoms with E-state index in [2.05, 4.69) is 79.3 Å². The average Bonchev–Trinajstić information content (AvgIpc) is 2.65. The summed E-state index contributed by atoms with van der Waals surface area (Å²) in [7, 11) is -0.0818. The molecule has 4 nitrogen and oxygen atoms in total. The van der Waals surface area contributed by atoms with E-state index in [4.69, 9.17) is 0 Å². The van der Waals surface area contributed by atoms with E-state index in [-0.39, 0.29) is 33.5 Å². The zero-order valence-electron chi connectivity index (χ0n) is 21.6. The van der Waals surface area contributed by atoms with Gasteiger partial charge in [-0.3, -0.25) is 0 Å². The molecular weight excluding hydrogens is 403 g/mol. The third-order valence-corrected chi connectivity index (χ3v) is 15.3. The van der Waals surface area contributed by atoms with Crippen molar-refractivity contribution in [2.24, 2.45) is 0 Å². The number of rotatable bonds is 3. The van der Waals surface area contributed by atoms with Gasteiger partial charge in [0.1, 0.15) is 0 Å². The van der Waals surface area contributed by atoms with E-state index in [1.165, 1.54) is 0 Å². The monoisotopic (exact) mass is 450 g/mol. The third-order valence-electron chi connectivity index (χ3n) is 9.75. The molecule has 2 aliphatic heterocycles. The van der Waals surface area contributed by atoms with Gasteiger partial charge < -0.3 is 0 Å². The van der Waals surface area contributed by atoms with Crippen molar-refractivity contribution in [3.63, 3.8) is 0 Å². The molecule has 2 atom stereocenters.